The summed E-state index contributed by atoms with van der Waals surface area (Å²) < 4.78 is 0. The van der Waals surface area contributed by atoms with Crippen LogP contribution in [0.2, 0.25) is 0 Å². The molecular formula is C29H24O2S2. The summed E-state index contributed by atoms with van der Waals surface area (Å²) in [5.74, 6) is 0. The Morgan fingerprint density at radius 3 is 1.39 bits per heavy atom. The molecule has 0 N–H and O–H groups in total. The predicted octanol–water partition coefficient (Wildman–Crippen LogP) is 8.48. The van der Waals surface area contributed by atoms with Gasteiger partial charge in [0.25, 0.3) is 0 Å². The molecule has 1 aliphatic carbocycles. The van der Waals surface area contributed by atoms with Crippen LogP contribution in [-0.2, 0) is 0 Å². The van der Waals surface area contributed by atoms with Crippen molar-refractivity contribution < 1.29 is 9.59 Å². The third-order valence-electron chi connectivity index (χ3n) is 6.37. The maximum absolute atomic E-state index is 11.0. The Hall–Kier alpha value is -3.08. The minimum Gasteiger partial charge on any atom is -0.298 e. The van der Waals surface area contributed by atoms with Crippen molar-refractivity contribution in [2.45, 2.75) is 33.1 Å². The number of benzene rings is 2. The number of aryl methyl sites for hydroxylation is 2. The second kappa shape index (κ2) is 9.05. The molecule has 164 valence electrons. The Kier molecular flexibility index (Phi) is 5.96. The largest absolute Gasteiger partial charge is 0.298 e. The van der Waals surface area contributed by atoms with Crippen molar-refractivity contribution in [3.05, 3.63) is 92.7 Å². The van der Waals surface area contributed by atoms with Gasteiger partial charge in [-0.2, -0.15) is 0 Å². The third-order valence-corrected chi connectivity index (χ3v) is 8.57. The van der Waals surface area contributed by atoms with E-state index in [1.165, 1.54) is 48.2 Å². The lowest BCUT2D eigenvalue weighted by Gasteiger charge is -2.07. The van der Waals surface area contributed by atoms with Crippen molar-refractivity contribution in [1.82, 2.24) is 0 Å². The van der Waals surface area contributed by atoms with E-state index < -0.39 is 0 Å². The van der Waals surface area contributed by atoms with Gasteiger partial charge in [0.2, 0.25) is 0 Å². The molecule has 2 aromatic heterocycles. The molecule has 4 heteroatoms. The van der Waals surface area contributed by atoms with Gasteiger partial charge in [-0.05, 0) is 78.6 Å². The van der Waals surface area contributed by atoms with Gasteiger partial charge in [0.15, 0.2) is 0 Å². The summed E-state index contributed by atoms with van der Waals surface area (Å²) >= 11 is 3.65. The Labute approximate surface area is 202 Å². The molecule has 0 atom stereocenters. The van der Waals surface area contributed by atoms with E-state index >= 15 is 0 Å². The van der Waals surface area contributed by atoms with Gasteiger partial charge in [0.1, 0.15) is 12.6 Å². The van der Waals surface area contributed by atoms with Crippen molar-refractivity contribution in [2.75, 3.05) is 0 Å². The Bertz CT molecular complexity index is 1260. The maximum Gasteiger partial charge on any atom is 0.150 e. The van der Waals surface area contributed by atoms with Crippen LogP contribution in [0.3, 0.4) is 0 Å². The summed E-state index contributed by atoms with van der Waals surface area (Å²) in [5, 5.41) is 0. The molecular weight excluding hydrogens is 444 g/mol. The van der Waals surface area contributed by atoms with Gasteiger partial charge in [-0.15, -0.1) is 22.7 Å². The number of hydrogen-bond acceptors (Lipinski definition) is 4. The highest BCUT2D eigenvalue weighted by Crippen LogP contribution is 2.47. The van der Waals surface area contributed by atoms with Crippen LogP contribution in [0, 0.1) is 13.8 Å². The number of hydrogen-bond donors (Lipinski definition) is 0. The van der Waals surface area contributed by atoms with Crippen LogP contribution in [0.15, 0.2) is 60.7 Å². The summed E-state index contributed by atoms with van der Waals surface area (Å²) in [6.45, 7) is 4.43. The van der Waals surface area contributed by atoms with Crippen LogP contribution in [0.4, 0.5) is 0 Å². The summed E-state index contributed by atoms with van der Waals surface area (Å²) in [5.41, 5.74) is 9.41. The summed E-state index contributed by atoms with van der Waals surface area (Å²) in [6, 6.07) is 20.3. The average molecular weight is 469 g/mol. The highest BCUT2D eigenvalue weighted by atomic mass is 32.1. The van der Waals surface area contributed by atoms with Gasteiger partial charge < -0.3 is 0 Å². The summed E-state index contributed by atoms with van der Waals surface area (Å²) in [4.78, 5) is 27.2. The molecule has 5 rings (SSSR count). The number of allylic oxidation sites excluding steroid dienone is 2. The van der Waals surface area contributed by atoms with E-state index in [0.717, 1.165) is 36.5 Å². The lowest BCUT2D eigenvalue weighted by atomic mass is 9.96. The molecule has 0 unspecified atom stereocenters. The first-order valence-corrected chi connectivity index (χ1v) is 12.8. The highest BCUT2D eigenvalue weighted by Gasteiger charge is 2.23. The molecule has 2 nitrogen and oxygen atoms in total. The lowest BCUT2D eigenvalue weighted by molar-refractivity contribution is 0.111. The van der Waals surface area contributed by atoms with Crippen molar-refractivity contribution in [3.8, 4) is 20.9 Å². The van der Waals surface area contributed by atoms with Gasteiger partial charge in [-0.25, -0.2) is 0 Å². The van der Waals surface area contributed by atoms with E-state index in [9.17, 15) is 9.59 Å². The molecule has 2 heterocycles. The van der Waals surface area contributed by atoms with E-state index in [1.807, 2.05) is 71.2 Å². The van der Waals surface area contributed by atoms with Gasteiger partial charge in [-0.3, -0.25) is 9.59 Å². The molecule has 33 heavy (non-hydrogen) atoms. The zero-order valence-electron chi connectivity index (χ0n) is 18.7. The average Bonchev–Trinajstić information content (AvgIpc) is 3.57. The minimum absolute atomic E-state index is 0.706. The quantitative estimate of drug-likeness (QED) is 0.266. The Balaban J connectivity index is 1.53. The van der Waals surface area contributed by atoms with E-state index in [0.29, 0.717) is 11.1 Å². The molecule has 1 aliphatic rings. The second-order valence-electron chi connectivity index (χ2n) is 8.45. The van der Waals surface area contributed by atoms with Crippen molar-refractivity contribution in [2.24, 2.45) is 0 Å². The van der Waals surface area contributed by atoms with E-state index in [4.69, 9.17) is 0 Å². The van der Waals surface area contributed by atoms with Crippen molar-refractivity contribution in [1.29, 1.82) is 0 Å². The summed E-state index contributed by atoms with van der Waals surface area (Å²) in [7, 11) is 0. The summed E-state index contributed by atoms with van der Waals surface area (Å²) in [6.07, 6.45) is 5.17. The number of thiophene rings is 2. The van der Waals surface area contributed by atoms with Crippen LogP contribution >= 0.6 is 22.7 Å². The SMILES string of the molecule is Cc1sc(-c2ccc(C=O)cc2)cc1C1=C(c2cc(-c3ccc(C=O)cc3)sc2C)CCC1. The van der Waals surface area contributed by atoms with Crippen LogP contribution in [0.25, 0.3) is 32.0 Å². The third kappa shape index (κ3) is 4.17. The normalized spacial score (nSPS) is 13.5. The molecule has 0 saturated heterocycles. The molecule has 0 saturated carbocycles. The molecule has 2 aromatic carbocycles. The van der Waals surface area contributed by atoms with Crippen LogP contribution in [0.1, 0.15) is 60.9 Å². The van der Waals surface area contributed by atoms with Crippen molar-refractivity contribution >= 4 is 46.4 Å². The standard InChI is InChI=1S/C29H24O2S2/c1-18-26(14-28(32-18)22-10-6-20(16-30)7-11-22)24-4-3-5-25(24)27-15-29(33-19(27)2)23-12-8-21(17-31)9-13-23/h6-17H,3-5H2,1-2H3. The molecule has 4 aromatic rings. The van der Waals surface area contributed by atoms with Crippen LogP contribution in [0.5, 0.6) is 0 Å². The number of carbonyl (C=O) groups is 2. The Morgan fingerprint density at radius 1 is 0.636 bits per heavy atom. The molecule has 0 fully saturated rings. The molecule has 0 bridgehead atoms. The zero-order valence-corrected chi connectivity index (χ0v) is 20.3. The maximum atomic E-state index is 11.0. The second-order valence-corrected chi connectivity index (χ2v) is 11.0. The highest BCUT2D eigenvalue weighted by molar-refractivity contribution is 7.16. The monoisotopic (exact) mass is 468 g/mol. The van der Waals surface area contributed by atoms with E-state index in [1.54, 1.807) is 0 Å². The Morgan fingerprint density at radius 2 is 1.03 bits per heavy atom. The molecule has 0 aliphatic heterocycles. The number of aldehydes is 2. The fraction of sp³-hybridized carbons (Fsp3) is 0.172. The van der Waals surface area contributed by atoms with Gasteiger partial charge >= 0.3 is 0 Å². The van der Waals surface area contributed by atoms with E-state index in [-0.39, 0.29) is 0 Å². The minimum atomic E-state index is 0.706. The zero-order chi connectivity index (χ0) is 22.9. The number of carbonyl (C=O) groups excluding carboxylic acids is 2. The first kappa shape index (κ1) is 21.7. The molecule has 0 amide bonds. The first-order valence-electron chi connectivity index (χ1n) is 11.1. The smallest absolute Gasteiger partial charge is 0.150 e. The topological polar surface area (TPSA) is 34.1 Å². The van der Waals surface area contributed by atoms with Gasteiger partial charge in [0.05, 0.1) is 0 Å². The van der Waals surface area contributed by atoms with Crippen molar-refractivity contribution in [3.63, 3.8) is 0 Å². The van der Waals surface area contributed by atoms with Gasteiger partial charge in [-0.1, -0.05) is 48.5 Å². The molecule has 0 radical (unpaired) electrons. The van der Waals surface area contributed by atoms with Gasteiger partial charge in [0, 0.05) is 30.6 Å². The van der Waals surface area contributed by atoms with E-state index in [2.05, 4.69) is 26.0 Å². The number of rotatable bonds is 6. The first-order chi connectivity index (χ1) is 16.1. The fourth-order valence-corrected chi connectivity index (χ4v) is 6.74. The van der Waals surface area contributed by atoms with Crippen LogP contribution in [-0.4, -0.2) is 12.6 Å². The predicted molar refractivity (Wildman–Crippen MR) is 140 cm³/mol. The molecule has 0 spiro atoms. The lowest BCUT2D eigenvalue weighted by Crippen LogP contribution is -1.86. The fourth-order valence-electron chi connectivity index (χ4n) is 4.64. The van der Waals surface area contributed by atoms with Crippen LogP contribution < -0.4 is 0 Å².